The molecule has 0 aliphatic rings. The van der Waals surface area contributed by atoms with Crippen LogP contribution in [0.5, 0.6) is 11.5 Å². The Morgan fingerprint density at radius 3 is 2.25 bits per heavy atom. The van der Waals surface area contributed by atoms with Gasteiger partial charge in [0, 0.05) is 26.0 Å². The lowest BCUT2D eigenvalue weighted by Crippen LogP contribution is -2.26. The summed E-state index contributed by atoms with van der Waals surface area (Å²) in [5, 5.41) is 11.1. The molecule has 0 saturated carbocycles. The standard InChI is InChI=1S/C13H15NO6/c1-8(16)19-11-4-3-10(13(18)14-5-6-15)7-12(11)20-9(2)17/h3-4,7,15H,5-6H2,1-2H3,(H,14,18). The van der Waals surface area contributed by atoms with Crippen molar-refractivity contribution < 1.29 is 29.0 Å². The highest BCUT2D eigenvalue weighted by Crippen LogP contribution is 2.28. The minimum absolute atomic E-state index is 0.0238. The van der Waals surface area contributed by atoms with Crippen LogP contribution in [0.2, 0.25) is 0 Å². The molecule has 0 unspecified atom stereocenters. The molecule has 108 valence electrons. The number of esters is 2. The van der Waals surface area contributed by atoms with E-state index in [1.165, 1.54) is 32.0 Å². The van der Waals surface area contributed by atoms with Crippen LogP contribution in [0.3, 0.4) is 0 Å². The van der Waals surface area contributed by atoms with E-state index in [0.29, 0.717) is 0 Å². The monoisotopic (exact) mass is 281 g/mol. The Hall–Kier alpha value is -2.41. The van der Waals surface area contributed by atoms with E-state index < -0.39 is 17.8 Å². The van der Waals surface area contributed by atoms with Crippen molar-refractivity contribution >= 4 is 17.8 Å². The largest absolute Gasteiger partial charge is 0.423 e. The van der Waals surface area contributed by atoms with Crippen LogP contribution in [0, 0.1) is 0 Å². The predicted molar refractivity (Wildman–Crippen MR) is 68.5 cm³/mol. The van der Waals surface area contributed by atoms with Gasteiger partial charge in [0.2, 0.25) is 0 Å². The van der Waals surface area contributed by atoms with Gasteiger partial charge < -0.3 is 19.9 Å². The molecule has 7 heteroatoms. The predicted octanol–water partition coefficient (Wildman–Crippen LogP) is 0.259. The average molecular weight is 281 g/mol. The fraction of sp³-hybridized carbons (Fsp3) is 0.308. The summed E-state index contributed by atoms with van der Waals surface area (Å²) in [5.74, 6) is -1.60. The van der Waals surface area contributed by atoms with Gasteiger partial charge in [0.1, 0.15) is 0 Å². The normalized spacial score (nSPS) is 9.75. The van der Waals surface area contributed by atoms with Crippen molar-refractivity contribution in [2.45, 2.75) is 13.8 Å². The van der Waals surface area contributed by atoms with Crippen LogP contribution in [0.4, 0.5) is 0 Å². The molecule has 1 amide bonds. The number of amides is 1. The van der Waals surface area contributed by atoms with Crippen LogP contribution in [-0.2, 0) is 9.59 Å². The topological polar surface area (TPSA) is 102 Å². The van der Waals surface area contributed by atoms with Gasteiger partial charge in [0.05, 0.1) is 6.61 Å². The second-order valence-electron chi connectivity index (χ2n) is 3.83. The Labute approximate surface area is 115 Å². The SMILES string of the molecule is CC(=O)Oc1ccc(C(=O)NCCO)cc1OC(C)=O. The quantitative estimate of drug-likeness (QED) is 0.593. The van der Waals surface area contributed by atoms with Crippen molar-refractivity contribution in [3.8, 4) is 11.5 Å². The van der Waals surface area contributed by atoms with Crippen molar-refractivity contribution in [1.29, 1.82) is 0 Å². The molecule has 0 heterocycles. The van der Waals surface area contributed by atoms with Gasteiger partial charge in [-0.25, -0.2) is 0 Å². The number of rotatable bonds is 5. The van der Waals surface area contributed by atoms with Crippen molar-refractivity contribution in [3.05, 3.63) is 23.8 Å². The molecule has 0 aliphatic carbocycles. The molecule has 1 rings (SSSR count). The Bertz CT molecular complexity index is 526. The number of aliphatic hydroxyl groups excluding tert-OH is 1. The van der Waals surface area contributed by atoms with Gasteiger partial charge in [0.25, 0.3) is 5.91 Å². The lowest BCUT2D eigenvalue weighted by Gasteiger charge is -2.10. The van der Waals surface area contributed by atoms with Gasteiger partial charge in [0.15, 0.2) is 11.5 Å². The van der Waals surface area contributed by atoms with Gasteiger partial charge in [-0.3, -0.25) is 14.4 Å². The molecule has 0 radical (unpaired) electrons. The summed E-state index contributed by atoms with van der Waals surface area (Å²) in [7, 11) is 0. The second-order valence-corrected chi connectivity index (χ2v) is 3.83. The summed E-state index contributed by atoms with van der Waals surface area (Å²) in [6, 6.07) is 4.05. The first kappa shape index (κ1) is 15.6. The number of hydrogen-bond acceptors (Lipinski definition) is 6. The first-order valence-corrected chi connectivity index (χ1v) is 5.84. The maximum absolute atomic E-state index is 11.7. The molecule has 0 spiro atoms. The van der Waals surface area contributed by atoms with Crippen molar-refractivity contribution in [2.24, 2.45) is 0 Å². The molecular weight excluding hydrogens is 266 g/mol. The fourth-order valence-corrected chi connectivity index (χ4v) is 1.39. The second kappa shape index (κ2) is 7.25. The first-order chi connectivity index (χ1) is 9.43. The maximum Gasteiger partial charge on any atom is 0.308 e. The molecule has 0 bridgehead atoms. The zero-order valence-corrected chi connectivity index (χ0v) is 11.1. The number of benzene rings is 1. The number of carbonyl (C=O) groups is 3. The summed E-state index contributed by atoms with van der Waals surface area (Å²) >= 11 is 0. The number of aliphatic hydroxyl groups is 1. The molecule has 1 aromatic carbocycles. The van der Waals surface area contributed by atoms with Gasteiger partial charge in [-0.15, -0.1) is 0 Å². The van der Waals surface area contributed by atoms with Crippen LogP contribution in [0.1, 0.15) is 24.2 Å². The van der Waals surface area contributed by atoms with E-state index in [-0.39, 0.29) is 30.2 Å². The molecular formula is C13H15NO6. The number of nitrogens with one attached hydrogen (secondary N) is 1. The molecule has 0 saturated heterocycles. The van der Waals surface area contributed by atoms with E-state index in [4.69, 9.17) is 14.6 Å². The molecule has 20 heavy (non-hydrogen) atoms. The van der Waals surface area contributed by atoms with E-state index in [1.54, 1.807) is 0 Å². The fourth-order valence-electron chi connectivity index (χ4n) is 1.39. The zero-order chi connectivity index (χ0) is 15.1. The summed E-state index contributed by atoms with van der Waals surface area (Å²) < 4.78 is 9.77. The van der Waals surface area contributed by atoms with E-state index in [0.717, 1.165) is 0 Å². The molecule has 0 aliphatic heterocycles. The maximum atomic E-state index is 11.7. The highest BCUT2D eigenvalue weighted by atomic mass is 16.6. The van der Waals surface area contributed by atoms with E-state index in [2.05, 4.69) is 5.32 Å². The molecule has 1 aromatic rings. The molecule has 0 fully saturated rings. The Kier molecular flexibility index (Phi) is 5.67. The van der Waals surface area contributed by atoms with Gasteiger partial charge in [-0.2, -0.15) is 0 Å². The minimum Gasteiger partial charge on any atom is -0.423 e. The number of hydrogen-bond donors (Lipinski definition) is 2. The summed E-state index contributed by atoms with van der Waals surface area (Å²) in [6.07, 6.45) is 0. The Morgan fingerprint density at radius 2 is 1.70 bits per heavy atom. The van der Waals surface area contributed by atoms with Crippen LogP contribution in [-0.4, -0.2) is 36.1 Å². The number of carbonyl (C=O) groups excluding carboxylic acids is 3. The molecule has 0 aromatic heterocycles. The zero-order valence-electron chi connectivity index (χ0n) is 11.1. The van der Waals surface area contributed by atoms with Crippen molar-refractivity contribution in [2.75, 3.05) is 13.2 Å². The van der Waals surface area contributed by atoms with E-state index in [9.17, 15) is 14.4 Å². The highest BCUT2D eigenvalue weighted by Gasteiger charge is 2.14. The van der Waals surface area contributed by atoms with Crippen LogP contribution >= 0.6 is 0 Å². The van der Waals surface area contributed by atoms with E-state index >= 15 is 0 Å². The summed E-state index contributed by atoms with van der Waals surface area (Å²) in [6.45, 7) is 2.32. The van der Waals surface area contributed by atoms with Crippen molar-refractivity contribution in [3.63, 3.8) is 0 Å². The molecule has 2 N–H and O–H groups in total. The average Bonchev–Trinajstić information content (AvgIpc) is 2.36. The third kappa shape index (κ3) is 4.69. The summed E-state index contributed by atoms with van der Waals surface area (Å²) in [5.41, 5.74) is 0.214. The van der Waals surface area contributed by atoms with Crippen LogP contribution in [0.15, 0.2) is 18.2 Å². The lowest BCUT2D eigenvalue weighted by molar-refractivity contribution is -0.134. The third-order valence-electron chi connectivity index (χ3n) is 2.11. The summed E-state index contributed by atoms with van der Waals surface area (Å²) in [4.78, 5) is 33.7. The lowest BCUT2D eigenvalue weighted by atomic mass is 10.2. The Balaban J connectivity index is 3.03. The van der Waals surface area contributed by atoms with Crippen LogP contribution < -0.4 is 14.8 Å². The third-order valence-corrected chi connectivity index (χ3v) is 2.11. The minimum atomic E-state index is -0.605. The molecule has 7 nitrogen and oxygen atoms in total. The van der Waals surface area contributed by atoms with Crippen molar-refractivity contribution in [1.82, 2.24) is 5.32 Å². The smallest absolute Gasteiger partial charge is 0.308 e. The molecule has 0 atom stereocenters. The first-order valence-electron chi connectivity index (χ1n) is 5.84. The van der Waals surface area contributed by atoms with Gasteiger partial charge in [-0.05, 0) is 18.2 Å². The number of ether oxygens (including phenoxy) is 2. The van der Waals surface area contributed by atoms with Crippen LogP contribution in [0.25, 0.3) is 0 Å². The van der Waals surface area contributed by atoms with Gasteiger partial charge >= 0.3 is 11.9 Å². The van der Waals surface area contributed by atoms with Gasteiger partial charge in [-0.1, -0.05) is 0 Å². The van der Waals surface area contributed by atoms with E-state index in [1.807, 2.05) is 0 Å². The Morgan fingerprint density at radius 1 is 1.10 bits per heavy atom. The highest BCUT2D eigenvalue weighted by molar-refractivity contribution is 5.95.